The van der Waals surface area contributed by atoms with Gasteiger partial charge in [-0.3, -0.25) is 4.79 Å². The van der Waals surface area contributed by atoms with Gasteiger partial charge in [0.15, 0.2) is 5.60 Å². The van der Waals surface area contributed by atoms with E-state index in [1.165, 1.54) is 5.56 Å². The number of rotatable bonds is 12. The molecule has 1 aliphatic rings. The molecule has 1 fully saturated rings. The van der Waals surface area contributed by atoms with Crippen LogP contribution >= 0.6 is 0 Å². The number of benzene rings is 2. The average molecular weight is 545 g/mol. The Bertz CT molecular complexity index is 1200. The van der Waals surface area contributed by atoms with Crippen LogP contribution in [0.5, 0.6) is 0 Å². The number of hydrogen-bond acceptors (Lipinski definition) is 5. The molecule has 0 radical (unpaired) electrons. The van der Waals surface area contributed by atoms with E-state index in [-0.39, 0.29) is 19.4 Å². The molecule has 0 unspecified atom stereocenters. The van der Waals surface area contributed by atoms with E-state index in [2.05, 4.69) is 39.5 Å². The summed E-state index contributed by atoms with van der Waals surface area (Å²) in [6.07, 6.45) is 5.93. The van der Waals surface area contributed by atoms with Crippen molar-refractivity contribution in [3.8, 4) is 11.8 Å². The second-order valence-electron chi connectivity index (χ2n) is 12.0. The van der Waals surface area contributed by atoms with Crippen LogP contribution in [0.4, 0.5) is 0 Å². The molecule has 5 nitrogen and oxygen atoms in total. The molecule has 0 spiro atoms. The average Bonchev–Trinajstić information content (AvgIpc) is 3.24. The first-order valence-electron chi connectivity index (χ1n) is 14.4. The lowest BCUT2D eigenvalue weighted by Gasteiger charge is -2.24. The lowest BCUT2D eigenvalue weighted by atomic mass is 9.86. The van der Waals surface area contributed by atoms with Crippen LogP contribution in [-0.2, 0) is 25.5 Å². The van der Waals surface area contributed by atoms with E-state index in [1.54, 1.807) is 0 Å². The Hall–Kier alpha value is -3.36. The first-order valence-corrected chi connectivity index (χ1v) is 14.4. The van der Waals surface area contributed by atoms with Crippen molar-refractivity contribution in [3.05, 3.63) is 82.4 Å². The zero-order valence-electron chi connectivity index (χ0n) is 24.7. The van der Waals surface area contributed by atoms with Crippen molar-refractivity contribution in [2.45, 2.75) is 78.7 Å². The molecule has 0 amide bonds. The molecule has 0 bridgehead atoms. The number of aryl methyl sites for hydroxylation is 2. The van der Waals surface area contributed by atoms with Crippen molar-refractivity contribution in [2.24, 2.45) is 17.8 Å². The molecule has 40 heavy (non-hydrogen) atoms. The number of carbonyl (C=O) groups excluding carboxylic acids is 2. The highest BCUT2D eigenvalue weighted by Gasteiger charge is 2.44. The fourth-order valence-electron chi connectivity index (χ4n) is 5.08. The Morgan fingerprint density at radius 3 is 2.12 bits per heavy atom. The number of aliphatic hydroxyl groups excluding tert-OH is 1. The quantitative estimate of drug-likeness (QED) is 0.186. The lowest BCUT2D eigenvalue weighted by Crippen LogP contribution is -2.39. The third-order valence-electron chi connectivity index (χ3n) is 7.15. The van der Waals surface area contributed by atoms with Crippen molar-refractivity contribution in [2.75, 3.05) is 13.2 Å². The van der Waals surface area contributed by atoms with Crippen molar-refractivity contribution in [3.63, 3.8) is 0 Å². The van der Waals surface area contributed by atoms with Gasteiger partial charge in [-0.25, -0.2) is 4.79 Å². The number of ether oxygens (including phenoxy) is 2. The van der Waals surface area contributed by atoms with E-state index >= 15 is 0 Å². The molecule has 0 saturated carbocycles. The minimum atomic E-state index is -1.21. The van der Waals surface area contributed by atoms with Crippen LogP contribution in [0.25, 0.3) is 0 Å². The molecular weight excluding hydrogens is 500 g/mol. The second-order valence-corrected chi connectivity index (χ2v) is 12.0. The summed E-state index contributed by atoms with van der Waals surface area (Å²) in [4.78, 5) is 25.1. The molecule has 1 N–H and O–H groups in total. The Labute approximate surface area is 240 Å². The number of cyclic esters (lactones) is 1. The molecule has 1 aliphatic heterocycles. The molecule has 5 heteroatoms. The fourth-order valence-corrected chi connectivity index (χ4v) is 5.08. The van der Waals surface area contributed by atoms with Gasteiger partial charge in [0.25, 0.3) is 0 Å². The minimum Gasteiger partial charge on any atom is -0.461 e. The zero-order valence-corrected chi connectivity index (χ0v) is 24.7. The van der Waals surface area contributed by atoms with Gasteiger partial charge in [-0.15, -0.1) is 0 Å². The van der Waals surface area contributed by atoms with Crippen LogP contribution < -0.4 is 0 Å². The predicted octanol–water partition coefficient (Wildman–Crippen LogP) is 6.57. The maximum Gasteiger partial charge on any atom is 0.334 e. The summed E-state index contributed by atoms with van der Waals surface area (Å²) in [6.45, 7) is 10.4. The van der Waals surface area contributed by atoms with Gasteiger partial charge in [0, 0.05) is 29.5 Å². The molecule has 1 atom stereocenters. The summed E-state index contributed by atoms with van der Waals surface area (Å²) in [7, 11) is 0. The topological polar surface area (TPSA) is 72.8 Å². The van der Waals surface area contributed by atoms with Gasteiger partial charge >= 0.3 is 11.9 Å². The first-order chi connectivity index (χ1) is 19.1. The summed E-state index contributed by atoms with van der Waals surface area (Å²) in [5.74, 6) is 7.18. The van der Waals surface area contributed by atoms with E-state index < -0.39 is 24.1 Å². The molecule has 1 heterocycles. The standard InChI is InChI=1S/C35H44O5/c1-25(2)20-31(21-26(3)4)16-18-32-22-35(23-36,40-34(32)38)24-39-33(37)19-17-30-14-12-29(13-15-30)11-10-28-8-6-27(5)7-9-28/h6-9,12-15,18,25-26,31,36H,16-17,19-24H2,1-5H3/b32-18+/t35-/m1/s1. The van der Waals surface area contributed by atoms with Crippen LogP contribution in [0, 0.1) is 36.5 Å². The molecule has 2 aromatic carbocycles. The van der Waals surface area contributed by atoms with Crippen molar-refractivity contribution < 1.29 is 24.2 Å². The fraction of sp³-hybridized carbons (Fsp3) is 0.486. The highest BCUT2D eigenvalue weighted by molar-refractivity contribution is 5.91. The molecule has 1 saturated heterocycles. The van der Waals surface area contributed by atoms with Crippen LogP contribution in [0.3, 0.4) is 0 Å². The maximum absolute atomic E-state index is 12.6. The number of hydrogen-bond donors (Lipinski definition) is 1. The smallest absolute Gasteiger partial charge is 0.334 e. The van der Waals surface area contributed by atoms with Gasteiger partial charge in [-0.1, -0.05) is 75.4 Å². The number of aliphatic hydroxyl groups is 1. The van der Waals surface area contributed by atoms with E-state index in [0.29, 0.717) is 29.7 Å². The summed E-state index contributed by atoms with van der Waals surface area (Å²) >= 11 is 0. The predicted molar refractivity (Wildman–Crippen MR) is 159 cm³/mol. The third kappa shape index (κ3) is 9.99. The van der Waals surface area contributed by atoms with Gasteiger partial charge in [0.05, 0.1) is 6.61 Å². The van der Waals surface area contributed by atoms with Crippen LogP contribution in [0.1, 0.15) is 82.1 Å². The number of esters is 2. The van der Waals surface area contributed by atoms with E-state index in [0.717, 1.165) is 36.0 Å². The maximum atomic E-state index is 12.6. The summed E-state index contributed by atoms with van der Waals surface area (Å²) < 4.78 is 11.0. The minimum absolute atomic E-state index is 0.152. The third-order valence-corrected chi connectivity index (χ3v) is 7.15. The molecule has 2 aromatic rings. The Morgan fingerprint density at radius 1 is 1.00 bits per heavy atom. The SMILES string of the molecule is Cc1ccc(C#Cc2ccc(CCC(=O)OC[C@]3(CO)C/C(=C\CC(CC(C)C)CC(C)C)C(=O)O3)cc2)cc1. The molecule has 0 aromatic heterocycles. The van der Waals surface area contributed by atoms with Crippen molar-refractivity contribution in [1.82, 2.24) is 0 Å². The van der Waals surface area contributed by atoms with Crippen molar-refractivity contribution in [1.29, 1.82) is 0 Å². The first kappa shape index (κ1) is 31.2. The van der Waals surface area contributed by atoms with Crippen LogP contribution in [-0.4, -0.2) is 35.9 Å². The highest BCUT2D eigenvalue weighted by atomic mass is 16.6. The van der Waals surface area contributed by atoms with Gasteiger partial charge in [0.1, 0.15) is 6.61 Å². The monoisotopic (exact) mass is 544 g/mol. The Balaban J connectivity index is 1.49. The summed E-state index contributed by atoms with van der Waals surface area (Å²) in [6, 6.07) is 15.9. The highest BCUT2D eigenvalue weighted by Crippen LogP contribution is 2.33. The van der Waals surface area contributed by atoms with E-state index in [9.17, 15) is 14.7 Å². The van der Waals surface area contributed by atoms with Gasteiger partial charge < -0.3 is 14.6 Å². The second kappa shape index (κ2) is 14.9. The van der Waals surface area contributed by atoms with Gasteiger partial charge in [-0.2, -0.15) is 0 Å². The van der Waals surface area contributed by atoms with E-state index in [1.807, 2.05) is 61.5 Å². The number of allylic oxidation sites excluding steroid dienone is 1. The van der Waals surface area contributed by atoms with Crippen LogP contribution in [0.2, 0.25) is 0 Å². The molecule has 214 valence electrons. The normalized spacial score (nSPS) is 17.8. The van der Waals surface area contributed by atoms with Gasteiger partial charge in [-0.05, 0) is 80.2 Å². The zero-order chi connectivity index (χ0) is 29.1. The van der Waals surface area contributed by atoms with Crippen LogP contribution in [0.15, 0.2) is 60.2 Å². The van der Waals surface area contributed by atoms with E-state index in [4.69, 9.17) is 9.47 Å². The molecular formula is C35H44O5. The Kier molecular flexibility index (Phi) is 11.6. The summed E-state index contributed by atoms with van der Waals surface area (Å²) in [5.41, 5.74) is 3.44. The summed E-state index contributed by atoms with van der Waals surface area (Å²) in [5, 5.41) is 10.0. The molecule has 0 aliphatic carbocycles. The molecule has 3 rings (SSSR count). The van der Waals surface area contributed by atoms with Gasteiger partial charge in [0.2, 0.25) is 0 Å². The lowest BCUT2D eigenvalue weighted by molar-refractivity contribution is -0.166. The Morgan fingerprint density at radius 2 is 1.57 bits per heavy atom. The number of carbonyl (C=O) groups is 2. The van der Waals surface area contributed by atoms with Crippen molar-refractivity contribution >= 4 is 11.9 Å². The largest absolute Gasteiger partial charge is 0.461 e.